The van der Waals surface area contributed by atoms with Gasteiger partial charge < -0.3 is 10.5 Å². The number of primary amides is 1. The Balaban J connectivity index is 2.51. The molecular formula is C10H12ClNO2. The van der Waals surface area contributed by atoms with Crippen LogP contribution in [0, 0.1) is 0 Å². The second kappa shape index (κ2) is 4.86. The Morgan fingerprint density at radius 1 is 1.50 bits per heavy atom. The molecule has 1 rings (SSSR count). The van der Waals surface area contributed by atoms with E-state index in [1.165, 1.54) is 0 Å². The average molecular weight is 214 g/mol. The van der Waals surface area contributed by atoms with Crippen LogP contribution in [0.5, 0.6) is 0 Å². The number of carbonyl (C=O) groups is 1. The summed E-state index contributed by atoms with van der Waals surface area (Å²) in [5.41, 5.74) is 5.95. The van der Waals surface area contributed by atoms with Crippen molar-refractivity contribution < 1.29 is 9.53 Å². The molecule has 0 bridgehead atoms. The van der Waals surface area contributed by atoms with Crippen molar-refractivity contribution in [3.63, 3.8) is 0 Å². The number of nitrogens with two attached hydrogens (primary N) is 1. The van der Waals surface area contributed by atoms with Crippen LogP contribution in [-0.2, 0) is 11.2 Å². The second-order valence-corrected chi connectivity index (χ2v) is 3.51. The smallest absolute Gasteiger partial charge is 0.404 e. The van der Waals surface area contributed by atoms with E-state index in [1.54, 1.807) is 19.1 Å². The molecule has 2 N–H and O–H groups in total. The lowest BCUT2D eigenvalue weighted by molar-refractivity contribution is 0.116. The van der Waals surface area contributed by atoms with Gasteiger partial charge in [0.25, 0.3) is 0 Å². The third-order valence-electron chi connectivity index (χ3n) is 1.75. The monoisotopic (exact) mass is 213 g/mol. The first-order valence-corrected chi connectivity index (χ1v) is 4.66. The lowest BCUT2D eigenvalue weighted by atomic mass is 10.1. The van der Waals surface area contributed by atoms with Crippen LogP contribution in [0.2, 0.25) is 5.02 Å². The minimum absolute atomic E-state index is 0.214. The zero-order chi connectivity index (χ0) is 10.6. The molecule has 0 aliphatic rings. The number of halogens is 1. The van der Waals surface area contributed by atoms with Gasteiger partial charge in [0, 0.05) is 11.4 Å². The van der Waals surface area contributed by atoms with Crippen molar-refractivity contribution >= 4 is 17.7 Å². The van der Waals surface area contributed by atoms with E-state index in [9.17, 15) is 4.79 Å². The molecule has 3 nitrogen and oxygen atoms in total. The highest BCUT2D eigenvalue weighted by molar-refractivity contribution is 6.30. The summed E-state index contributed by atoms with van der Waals surface area (Å²) in [6.45, 7) is 1.79. The summed E-state index contributed by atoms with van der Waals surface area (Å²) in [4.78, 5) is 10.4. The predicted molar refractivity (Wildman–Crippen MR) is 55.3 cm³/mol. The fourth-order valence-electron chi connectivity index (χ4n) is 1.19. The van der Waals surface area contributed by atoms with Crippen LogP contribution < -0.4 is 5.73 Å². The van der Waals surface area contributed by atoms with Gasteiger partial charge in [-0.25, -0.2) is 4.79 Å². The highest BCUT2D eigenvalue weighted by atomic mass is 35.5. The van der Waals surface area contributed by atoms with E-state index in [0.717, 1.165) is 5.56 Å². The molecule has 1 amide bonds. The summed E-state index contributed by atoms with van der Waals surface area (Å²) >= 11 is 5.73. The van der Waals surface area contributed by atoms with Crippen molar-refractivity contribution in [3.05, 3.63) is 34.9 Å². The van der Waals surface area contributed by atoms with Gasteiger partial charge in [-0.3, -0.25) is 0 Å². The molecule has 0 aliphatic carbocycles. The Morgan fingerprint density at radius 2 is 2.07 bits per heavy atom. The van der Waals surface area contributed by atoms with Crippen LogP contribution in [0.3, 0.4) is 0 Å². The number of ether oxygens (including phenoxy) is 1. The van der Waals surface area contributed by atoms with Gasteiger partial charge in [-0.1, -0.05) is 23.7 Å². The van der Waals surface area contributed by atoms with Gasteiger partial charge in [0.2, 0.25) is 0 Å². The molecule has 0 radical (unpaired) electrons. The number of rotatable bonds is 3. The van der Waals surface area contributed by atoms with Gasteiger partial charge in [-0.05, 0) is 24.6 Å². The maximum atomic E-state index is 10.4. The van der Waals surface area contributed by atoms with Gasteiger partial charge >= 0.3 is 6.09 Å². The number of benzene rings is 1. The maximum absolute atomic E-state index is 10.4. The molecule has 1 atom stereocenters. The standard InChI is InChI=1S/C10H12ClNO2/c1-7(14-10(12)13)6-8-2-4-9(11)5-3-8/h2-5,7H,6H2,1H3,(H2,12,13). The summed E-state index contributed by atoms with van der Waals surface area (Å²) in [5, 5.41) is 0.692. The Kier molecular flexibility index (Phi) is 3.77. The number of carbonyl (C=O) groups excluding carboxylic acids is 1. The molecule has 0 saturated carbocycles. The summed E-state index contributed by atoms with van der Waals surface area (Å²) in [7, 11) is 0. The van der Waals surface area contributed by atoms with E-state index in [0.29, 0.717) is 11.4 Å². The van der Waals surface area contributed by atoms with Crippen molar-refractivity contribution in [3.8, 4) is 0 Å². The molecule has 4 heteroatoms. The van der Waals surface area contributed by atoms with Gasteiger partial charge in [0.15, 0.2) is 0 Å². The third-order valence-corrected chi connectivity index (χ3v) is 2.01. The Morgan fingerprint density at radius 3 is 2.57 bits per heavy atom. The quantitative estimate of drug-likeness (QED) is 0.838. The Labute approximate surface area is 87.8 Å². The molecule has 1 unspecified atom stereocenters. The molecule has 1 aromatic rings. The van der Waals surface area contributed by atoms with Crippen molar-refractivity contribution in [1.82, 2.24) is 0 Å². The average Bonchev–Trinajstić information content (AvgIpc) is 2.07. The fourth-order valence-corrected chi connectivity index (χ4v) is 1.32. The molecule has 0 fully saturated rings. The lowest BCUT2D eigenvalue weighted by Gasteiger charge is -2.10. The normalized spacial score (nSPS) is 12.1. The van der Waals surface area contributed by atoms with Gasteiger partial charge in [0.05, 0.1) is 0 Å². The molecule has 0 saturated heterocycles. The minimum atomic E-state index is -0.744. The van der Waals surface area contributed by atoms with E-state index < -0.39 is 6.09 Å². The molecule has 0 aromatic heterocycles. The van der Waals surface area contributed by atoms with E-state index >= 15 is 0 Å². The van der Waals surface area contributed by atoms with E-state index in [-0.39, 0.29) is 6.10 Å². The first kappa shape index (κ1) is 10.9. The molecule has 0 heterocycles. The minimum Gasteiger partial charge on any atom is -0.446 e. The molecule has 76 valence electrons. The maximum Gasteiger partial charge on any atom is 0.404 e. The first-order valence-electron chi connectivity index (χ1n) is 4.28. The molecule has 0 spiro atoms. The van der Waals surface area contributed by atoms with E-state index in [2.05, 4.69) is 0 Å². The zero-order valence-electron chi connectivity index (χ0n) is 7.87. The van der Waals surface area contributed by atoms with Crippen LogP contribution in [0.4, 0.5) is 4.79 Å². The van der Waals surface area contributed by atoms with Gasteiger partial charge in [-0.15, -0.1) is 0 Å². The summed E-state index contributed by atoms with van der Waals surface area (Å²) in [6, 6.07) is 7.38. The highest BCUT2D eigenvalue weighted by Gasteiger charge is 2.06. The van der Waals surface area contributed by atoms with E-state index in [1.807, 2.05) is 12.1 Å². The van der Waals surface area contributed by atoms with Crippen molar-refractivity contribution in [1.29, 1.82) is 0 Å². The van der Waals surface area contributed by atoms with Crippen LogP contribution in [-0.4, -0.2) is 12.2 Å². The van der Waals surface area contributed by atoms with Crippen LogP contribution in [0.25, 0.3) is 0 Å². The topological polar surface area (TPSA) is 52.3 Å². The van der Waals surface area contributed by atoms with E-state index in [4.69, 9.17) is 22.1 Å². The van der Waals surface area contributed by atoms with Gasteiger partial charge in [0.1, 0.15) is 6.10 Å². The number of amides is 1. The SMILES string of the molecule is CC(Cc1ccc(Cl)cc1)OC(N)=O. The Hall–Kier alpha value is -1.22. The fraction of sp³-hybridized carbons (Fsp3) is 0.300. The highest BCUT2D eigenvalue weighted by Crippen LogP contribution is 2.11. The van der Waals surface area contributed by atoms with Crippen molar-refractivity contribution in [2.24, 2.45) is 5.73 Å². The summed E-state index contributed by atoms with van der Waals surface area (Å²) in [5.74, 6) is 0. The second-order valence-electron chi connectivity index (χ2n) is 3.08. The predicted octanol–water partition coefficient (Wildman–Crippen LogP) is 2.37. The molecular weight excluding hydrogens is 202 g/mol. The Bertz CT molecular complexity index is 310. The molecule has 0 aliphatic heterocycles. The third kappa shape index (κ3) is 3.66. The molecule has 1 aromatic carbocycles. The van der Waals surface area contributed by atoms with Crippen LogP contribution in [0.1, 0.15) is 12.5 Å². The number of hydrogen-bond acceptors (Lipinski definition) is 2. The largest absolute Gasteiger partial charge is 0.446 e. The first-order chi connectivity index (χ1) is 6.58. The van der Waals surface area contributed by atoms with Crippen molar-refractivity contribution in [2.45, 2.75) is 19.4 Å². The van der Waals surface area contributed by atoms with Crippen LogP contribution >= 0.6 is 11.6 Å². The lowest BCUT2D eigenvalue weighted by Crippen LogP contribution is -2.21. The van der Waals surface area contributed by atoms with Crippen molar-refractivity contribution in [2.75, 3.05) is 0 Å². The summed E-state index contributed by atoms with van der Waals surface area (Å²) < 4.78 is 4.79. The van der Waals surface area contributed by atoms with Gasteiger partial charge in [-0.2, -0.15) is 0 Å². The number of hydrogen-bond donors (Lipinski definition) is 1. The summed E-state index contributed by atoms with van der Waals surface area (Å²) in [6.07, 6.45) is -0.319. The van der Waals surface area contributed by atoms with Crippen LogP contribution in [0.15, 0.2) is 24.3 Å². The zero-order valence-corrected chi connectivity index (χ0v) is 8.62. The molecule has 14 heavy (non-hydrogen) atoms.